The van der Waals surface area contributed by atoms with E-state index in [1.54, 1.807) is 13.3 Å². The standard InChI is InChI=1S/C25H25N5O4/c1-31-22-15-18(3-4-20(22)29-8-10-32-11-9-29)27-24-25-26-6-7-30(25)16-19(28-24)17-2-5-21-23(14-17)34-13-12-33-21/h2-7,14-16H,8-13H2,1H3,(H,27,28). The molecule has 0 bridgehead atoms. The molecule has 9 nitrogen and oxygen atoms in total. The summed E-state index contributed by atoms with van der Waals surface area (Å²) in [6.45, 7) is 4.23. The normalized spacial score (nSPS) is 15.4. The van der Waals surface area contributed by atoms with E-state index < -0.39 is 0 Å². The van der Waals surface area contributed by atoms with Crippen LogP contribution in [0.15, 0.2) is 55.0 Å². The first-order valence-corrected chi connectivity index (χ1v) is 11.3. The molecule has 0 unspecified atom stereocenters. The SMILES string of the molecule is COc1cc(Nc2nc(-c3ccc4c(c3)OCCO4)cn3ccnc23)ccc1N1CCOCC1. The maximum Gasteiger partial charge on any atom is 0.180 e. The largest absolute Gasteiger partial charge is 0.495 e. The van der Waals surface area contributed by atoms with E-state index in [1.807, 2.05) is 47.1 Å². The van der Waals surface area contributed by atoms with E-state index in [0.717, 1.165) is 71.8 Å². The lowest BCUT2D eigenvalue weighted by atomic mass is 10.1. The number of aromatic nitrogens is 3. The number of methoxy groups -OCH3 is 1. The smallest absolute Gasteiger partial charge is 0.180 e. The molecule has 2 aliphatic heterocycles. The zero-order valence-corrected chi connectivity index (χ0v) is 18.9. The molecular formula is C25H25N5O4. The summed E-state index contributed by atoms with van der Waals surface area (Å²) >= 11 is 0. The molecule has 6 rings (SSSR count). The van der Waals surface area contributed by atoms with E-state index in [2.05, 4.69) is 21.3 Å². The van der Waals surface area contributed by atoms with Crippen LogP contribution in [0.2, 0.25) is 0 Å². The van der Waals surface area contributed by atoms with Crippen molar-refractivity contribution in [2.24, 2.45) is 0 Å². The summed E-state index contributed by atoms with van der Waals surface area (Å²) in [5, 5.41) is 3.44. The van der Waals surface area contributed by atoms with Crippen LogP contribution in [-0.4, -0.2) is 61.0 Å². The molecule has 4 heterocycles. The molecule has 1 fully saturated rings. The van der Waals surface area contributed by atoms with Crippen LogP contribution in [0.3, 0.4) is 0 Å². The molecule has 174 valence electrons. The van der Waals surface area contributed by atoms with Gasteiger partial charge in [-0.3, -0.25) is 0 Å². The van der Waals surface area contributed by atoms with Gasteiger partial charge in [0.05, 0.1) is 31.7 Å². The number of hydrogen-bond acceptors (Lipinski definition) is 8. The van der Waals surface area contributed by atoms with Crippen molar-refractivity contribution < 1.29 is 18.9 Å². The first-order chi connectivity index (χ1) is 16.8. The van der Waals surface area contributed by atoms with Gasteiger partial charge in [0.15, 0.2) is 23.0 Å². The fraction of sp³-hybridized carbons (Fsp3) is 0.280. The second-order valence-electron chi connectivity index (χ2n) is 8.10. The van der Waals surface area contributed by atoms with Gasteiger partial charge in [0.2, 0.25) is 0 Å². The minimum Gasteiger partial charge on any atom is -0.495 e. The Bertz CT molecular complexity index is 1330. The zero-order valence-electron chi connectivity index (χ0n) is 18.9. The third-order valence-electron chi connectivity index (χ3n) is 6.01. The second-order valence-corrected chi connectivity index (χ2v) is 8.10. The maximum absolute atomic E-state index is 5.76. The Labute approximate surface area is 196 Å². The van der Waals surface area contributed by atoms with E-state index in [4.69, 9.17) is 23.9 Å². The third-order valence-corrected chi connectivity index (χ3v) is 6.01. The van der Waals surface area contributed by atoms with Crippen LogP contribution in [0.25, 0.3) is 16.9 Å². The molecule has 0 aliphatic carbocycles. The molecule has 34 heavy (non-hydrogen) atoms. The quantitative estimate of drug-likeness (QED) is 0.483. The Morgan fingerprint density at radius 2 is 1.82 bits per heavy atom. The molecule has 2 aromatic carbocycles. The number of anilines is 3. The van der Waals surface area contributed by atoms with Gasteiger partial charge in [-0.2, -0.15) is 0 Å². The van der Waals surface area contributed by atoms with Crippen LogP contribution < -0.4 is 24.4 Å². The highest BCUT2D eigenvalue weighted by molar-refractivity contribution is 5.76. The highest BCUT2D eigenvalue weighted by Crippen LogP contribution is 2.36. The summed E-state index contributed by atoms with van der Waals surface area (Å²) in [4.78, 5) is 11.7. The van der Waals surface area contributed by atoms with Crippen molar-refractivity contribution in [3.8, 4) is 28.5 Å². The first kappa shape index (κ1) is 20.6. The van der Waals surface area contributed by atoms with Crippen LogP contribution in [0.1, 0.15) is 0 Å². The highest BCUT2D eigenvalue weighted by Gasteiger charge is 2.18. The van der Waals surface area contributed by atoms with Gasteiger partial charge in [-0.25, -0.2) is 9.97 Å². The van der Waals surface area contributed by atoms with Gasteiger partial charge in [-0.05, 0) is 30.3 Å². The Kier molecular flexibility index (Phi) is 5.31. The van der Waals surface area contributed by atoms with E-state index in [1.165, 1.54) is 0 Å². The molecule has 0 atom stereocenters. The highest BCUT2D eigenvalue weighted by atomic mass is 16.6. The van der Waals surface area contributed by atoms with Crippen molar-refractivity contribution in [3.63, 3.8) is 0 Å². The summed E-state index contributed by atoms with van der Waals surface area (Å²) in [5.74, 6) is 2.94. The second kappa shape index (κ2) is 8.75. The van der Waals surface area contributed by atoms with E-state index in [-0.39, 0.29) is 0 Å². The number of nitrogens with zero attached hydrogens (tertiary/aromatic N) is 4. The van der Waals surface area contributed by atoms with E-state index in [0.29, 0.717) is 19.0 Å². The predicted molar refractivity (Wildman–Crippen MR) is 129 cm³/mol. The molecule has 0 amide bonds. The molecule has 2 aromatic heterocycles. The van der Waals surface area contributed by atoms with Gasteiger partial charge in [-0.1, -0.05) is 0 Å². The summed E-state index contributed by atoms with van der Waals surface area (Å²) in [5.41, 5.74) is 4.38. The fourth-order valence-electron chi connectivity index (χ4n) is 4.31. The molecule has 0 spiro atoms. The summed E-state index contributed by atoms with van der Waals surface area (Å²) < 4.78 is 24.6. The summed E-state index contributed by atoms with van der Waals surface area (Å²) in [6.07, 6.45) is 5.63. The minimum absolute atomic E-state index is 0.541. The molecule has 0 radical (unpaired) electrons. The number of benzene rings is 2. The molecule has 1 N–H and O–H groups in total. The van der Waals surface area contributed by atoms with Crippen molar-refractivity contribution in [1.29, 1.82) is 0 Å². The van der Waals surface area contributed by atoms with E-state index >= 15 is 0 Å². The van der Waals surface area contributed by atoms with Gasteiger partial charge in [0.25, 0.3) is 0 Å². The Morgan fingerprint density at radius 1 is 0.971 bits per heavy atom. The molecule has 2 aliphatic rings. The van der Waals surface area contributed by atoms with Crippen LogP contribution in [-0.2, 0) is 4.74 Å². The lowest BCUT2D eigenvalue weighted by Gasteiger charge is -2.30. The monoisotopic (exact) mass is 459 g/mol. The Balaban J connectivity index is 1.35. The van der Waals surface area contributed by atoms with Gasteiger partial charge < -0.3 is 33.6 Å². The van der Waals surface area contributed by atoms with Crippen molar-refractivity contribution in [2.75, 3.05) is 56.8 Å². The molecule has 0 saturated carbocycles. The predicted octanol–water partition coefficient (Wildman–Crippen LogP) is 3.76. The number of fused-ring (bicyclic) bond motifs is 2. The number of imidazole rings is 1. The Hall–Kier alpha value is -3.98. The molecule has 4 aromatic rings. The molecule has 1 saturated heterocycles. The summed E-state index contributed by atoms with van der Waals surface area (Å²) in [7, 11) is 1.69. The fourth-order valence-corrected chi connectivity index (χ4v) is 4.31. The first-order valence-electron chi connectivity index (χ1n) is 11.3. The van der Waals surface area contributed by atoms with Crippen LogP contribution in [0.4, 0.5) is 17.2 Å². The number of ether oxygens (including phenoxy) is 4. The lowest BCUT2D eigenvalue weighted by molar-refractivity contribution is 0.122. The third kappa shape index (κ3) is 3.84. The number of morpholine rings is 1. The topological polar surface area (TPSA) is 82.4 Å². The van der Waals surface area contributed by atoms with Crippen LogP contribution in [0.5, 0.6) is 17.2 Å². The summed E-state index contributed by atoms with van der Waals surface area (Å²) in [6, 6.07) is 12.0. The average Bonchev–Trinajstić information content (AvgIpc) is 3.38. The minimum atomic E-state index is 0.541. The van der Waals surface area contributed by atoms with Gasteiger partial charge in [0, 0.05) is 49.0 Å². The zero-order chi connectivity index (χ0) is 22.9. The number of hydrogen-bond donors (Lipinski definition) is 1. The van der Waals surface area contributed by atoms with Crippen molar-refractivity contribution in [1.82, 2.24) is 14.4 Å². The number of nitrogens with one attached hydrogen (secondary N) is 1. The van der Waals surface area contributed by atoms with Crippen molar-refractivity contribution in [3.05, 3.63) is 55.0 Å². The van der Waals surface area contributed by atoms with Crippen LogP contribution >= 0.6 is 0 Å². The van der Waals surface area contributed by atoms with Crippen LogP contribution in [0, 0.1) is 0 Å². The van der Waals surface area contributed by atoms with E-state index in [9.17, 15) is 0 Å². The number of rotatable bonds is 5. The van der Waals surface area contributed by atoms with Crippen molar-refractivity contribution >= 4 is 22.8 Å². The van der Waals surface area contributed by atoms with Gasteiger partial charge in [-0.15, -0.1) is 0 Å². The van der Waals surface area contributed by atoms with Crippen molar-refractivity contribution in [2.45, 2.75) is 0 Å². The van der Waals surface area contributed by atoms with Gasteiger partial charge >= 0.3 is 0 Å². The lowest BCUT2D eigenvalue weighted by Crippen LogP contribution is -2.36. The molecular weight excluding hydrogens is 434 g/mol. The maximum atomic E-state index is 5.76. The molecule has 9 heteroatoms. The Morgan fingerprint density at radius 3 is 2.68 bits per heavy atom. The van der Waals surface area contributed by atoms with Gasteiger partial charge in [0.1, 0.15) is 19.0 Å². The average molecular weight is 460 g/mol.